The Morgan fingerprint density at radius 1 is 1.00 bits per heavy atom. The van der Waals surface area contributed by atoms with E-state index in [-0.39, 0.29) is 11.9 Å². The molecule has 0 aliphatic carbocycles. The maximum absolute atomic E-state index is 13.2. The van der Waals surface area contributed by atoms with Crippen LogP contribution in [0.2, 0.25) is 0 Å². The highest BCUT2D eigenvalue weighted by atomic mass is 19.1. The van der Waals surface area contributed by atoms with Gasteiger partial charge in [0.25, 0.3) is 0 Å². The minimum absolute atomic E-state index is 0.0224. The second-order valence-corrected chi connectivity index (χ2v) is 5.87. The van der Waals surface area contributed by atoms with Crippen molar-refractivity contribution >= 4 is 0 Å². The lowest BCUT2D eigenvalue weighted by molar-refractivity contribution is 0.533. The van der Waals surface area contributed by atoms with Gasteiger partial charge in [-0.25, -0.2) is 4.39 Å². The standard InChI is InChI=1S/C18H30FN/c1-3-4-5-6-7-8-9-10-11-18(20)17-14-16(19)13-12-15(17)2/h12-14,18H,3-11,20H2,1-2H3. The topological polar surface area (TPSA) is 26.0 Å². The predicted molar refractivity (Wildman–Crippen MR) is 85.3 cm³/mol. The summed E-state index contributed by atoms with van der Waals surface area (Å²) in [4.78, 5) is 0. The van der Waals surface area contributed by atoms with E-state index < -0.39 is 0 Å². The Morgan fingerprint density at radius 3 is 2.25 bits per heavy atom. The third-order valence-electron chi connectivity index (χ3n) is 4.01. The first-order chi connectivity index (χ1) is 9.65. The van der Waals surface area contributed by atoms with Gasteiger partial charge in [-0.3, -0.25) is 0 Å². The van der Waals surface area contributed by atoms with Crippen molar-refractivity contribution in [3.05, 3.63) is 35.1 Å². The number of benzene rings is 1. The summed E-state index contributed by atoms with van der Waals surface area (Å²) in [5.74, 6) is -0.183. The van der Waals surface area contributed by atoms with Crippen molar-refractivity contribution in [2.24, 2.45) is 5.73 Å². The van der Waals surface area contributed by atoms with Crippen molar-refractivity contribution < 1.29 is 4.39 Å². The summed E-state index contributed by atoms with van der Waals surface area (Å²) in [7, 11) is 0. The van der Waals surface area contributed by atoms with E-state index >= 15 is 0 Å². The van der Waals surface area contributed by atoms with Crippen LogP contribution in [-0.4, -0.2) is 0 Å². The molecular weight excluding hydrogens is 249 g/mol. The Balaban J connectivity index is 2.17. The molecule has 1 aromatic rings. The van der Waals surface area contributed by atoms with E-state index in [4.69, 9.17) is 5.73 Å². The minimum atomic E-state index is -0.183. The maximum atomic E-state index is 13.2. The van der Waals surface area contributed by atoms with Crippen LogP contribution < -0.4 is 5.73 Å². The third kappa shape index (κ3) is 6.51. The molecule has 0 aromatic heterocycles. The second kappa shape index (κ2) is 9.93. The summed E-state index contributed by atoms with van der Waals surface area (Å²) < 4.78 is 13.2. The van der Waals surface area contributed by atoms with Gasteiger partial charge in [-0.15, -0.1) is 0 Å². The Morgan fingerprint density at radius 2 is 1.60 bits per heavy atom. The van der Waals surface area contributed by atoms with E-state index in [2.05, 4.69) is 6.92 Å². The fourth-order valence-corrected chi connectivity index (χ4v) is 2.66. The number of unbranched alkanes of at least 4 members (excludes halogenated alkanes) is 7. The summed E-state index contributed by atoms with van der Waals surface area (Å²) in [5.41, 5.74) is 8.24. The molecule has 0 radical (unpaired) electrons. The maximum Gasteiger partial charge on any atom is 0.123 e. The van der Waals surface area contributed by atoms with Gasteiger partial charge >= 0.3 is 0 Å². The molecule has 1 unspecified atom stereocenters. The lowest BCUT2D eigenvalue weighted by Crippen LogP contribution is -2.12. The molecule has 0 aliphatic rings. The Bertz CT molecular complexity index is 376. The van der Waals surface area contributed by atoms with E-state index in [1.54, 1.807) is 6.07 Å². The number of hydrogen-bond acceptors (Lipinski definition) is 1. The largest absolute Gasteiger partial charge is 0.324 e. The van der Waals surface area contributed by atoms with Gasteiger partial charge in [0.1, 0.15) is 5.82 Å². The van der Waals surface area contributed by atoms with Gasteiger partial charge in [0.15, 0.2) is 0 Å². The fourth-order valence-electron chi connectivity index (χ4n) is 2.66. The molecule has 1 rings (SSSR count). The first-order valence-electron chi connectivity index (χ1n) is 8.16. The number of hydrogen-bond donors (Lipinski definition) is 1. The molecule has 0 spiro atoms. The van der Waals surface area contributed by atoms with E-state index in [1.165, 1.54) is 51.0 Å². The van der Waals surface area contributed by atoms with Crippen LogP contribution in [0.4, 0.5) is 4.39 Å². The highest BCUT2D eigenvalue weighted by Gasteiger charge is 2.09. The smallest absolute Gasteiger partial charge is 0.123 e. The van der Waals surface area contributed by atoms with E-state index in [1.807, 2.05) is 13.0 Å². The van der Waals surface area contributed by atoms with Crippen LogP contribution in [0.15, 0.2) is 18.2 Å². The Kier molecular flexibility index (Phi) is 8.52. The molecule has 0 aliphatic heterocycles. The molecule has 0 amide bonds. The van der Waals surface area contributed by atoms with Gasteiger partial charge in [0.05, 0.1) is 0 Å². The number of rotatable bonds is 10. The Labute approximate surface area is 123 Å². The van der Waals surface area contributed by atoms with Crippen LogP contribution in [0.25, 0.3) is 0 Å². The SMILES string of the molecule is CCCCCCCCCCC(N)c1cc(F)ccc1C. The van der Waals surface area contributed by atoms with E-state index in [9.17, 15) is 4.39 Å². The van der Waals surface area contributed by atoms with Gasteiger partial charge in [-0.05, 0) is 36.6 Å². The molecule has 1 atom stereocenters. The second-order valence-electron chi connectivity index (χ2n) is 5.87. The molecular formula is C18H30FN. The highest BCUT2D eigenvalue weighted by molar-refractivity contribution is 5.29. The average Bonchev–Trinajstić information content (AvgIpc) is 2.44. The van der Waals surface area contributed by atoms with Crippen LogP contribution in [0.3, 0.4) is 0 Å². The van der Waals surface area contributed by atoms with Crippen LogP contribution in [-0.2, 0) is 0 Å². The average molecular weight is 279 g/mol. The summed E-state index contributed by atoms with van der Waals surface area (Å²) in [6.07, 6.45) is 11.4. The molecule has 0 saturated heterocycles. The summed E-state index contributed by atoms with van der Waals surface area (Å²) in [6.45, 7) is 4.25. The van der Waals surface area contributed by atoms with Crippen molar-refractivity contribution in [1.82, 2.24) is 0 Å². The zero-order valence-electron chi connectivity index (χ0n) is 13.1. The molecule has 0 fully saturated rings. The van der Waals surface area contributed by atoms with Crippen molar-refractivity contribution in [2.75, 3.05) is 0 Å². The third-order valence-corrected chi connectivity index (χ3v) is 4.01. The number of aryl methyl sites for hydroxylation is 1. The van der Waals surface area contributed by atoms with Gasteiger partial charge in [-0.2, -0.15) is 0 Å². The van der Waals surface area contributed by atoms with Crippen LogP contribution in [0.5, 0.6) is 0 Å². The molecule has 20 heavy (non-hydrogen) atoms. The molecule has 0 heterocycles. The zero-order chi connectivity index (χ0) is 14.8. The normalized spacial score (nSPS) is 12.6. The van der Waals surface area contributed by atoms with Gasteiger partial charge in [-0.1, -0.05) is 64.4 Å². The number of halogens is 1. The first kappa shape index (κ1) is 17.2. The fraction of sp³-hybridized carbons (Fsp3) is 0.667. The Hall–Kier alpha value is -0.890. The van der Waals surface area contributed by atoms with E-state index in [0.29, 0.717) is 0 Å². The molecule has 2 N–H and O–H groups in total. The summed E-state index contributed by atoms with van der Waals surface area (Å²) in [5, 5.41) is 0. The summed E-state index contributed by atoms with van der Waals surface area (Å²) >= 11 is 0. The monoisotopic (exact) mass is 279 g/mol. The van der Waals surface area contributed by atoms with Crippen LogP contribution in [0, 0.1) is 12.7 Å². The molecule has 114 valence electrons. The molecule has 0 saturated carbocycles. The van der Waals surface area contributed by atoms with Crippen molar-refractivity contribution in [1.29, 1.82) is 0 Å². The van der Waals surface area contributed by atoms with Crippen molar-refractivity contribution in [3.63, 3.8) is 0 Å². The van der Waals surface area contributed by atoms with Gasteiger partial charge in [0.2, 0.25) is 0 Å². The number of nitrogens with two attached hydrogens (primary N) is 1. The quantitative estimate of drug-likeness (QED) is 0.549. The lowest BCUT2D eigenvalue weighted by Gasteiger charge is -2.14. The zero-order valence-corrected chi connectivity index (χ0v) is 13.1. The van der Waals surface area contributed by atoms with Crippen molar-refractivity contribution in [2.45, 2.75) is 77.7 Å². The lowest BCUT2D eigenvalue weighted by atomic mass is 9.96. The summed E-state index contributed by atoms with van der Waals surface area (Å²) in [6, 6.07) is 4.89. The molecule has 0 bridgehead atoms. The highest BCUT2D eigenvalue weighted by Crippen LogP contribution is 2.22. The molecule has 1 aromatic carbocycles. The van der Waals surface area contributed by atoms with Gasteiger partial charge in [0, 0.05) is 6.04 Å². The van der Waals surface area contributed by atoms with Crippen LogP contribution in [0.1, 0.15) is 81.9 Å². The van der Waals surface area contributed by atoms with Gasteiger partial charge < -0.3 is 5.73 Å². The first-order valence-corrected chi connectivity index (χ1v) is 8.16. The molecule has 2 heteroatoms. The van der Waals surface area contributed by atoms with Crippen molar-refractivity contribution in [3.8, 4) is 0 Å². The van der Waals surface area contributed by atoms with E-state index in [0.717, 1.165) is 24.0 Å². The van der Waals surface area contributed by atoms with Crippen LogP contribution >= 0.6 is 0 Å². The minimum Gasteiger partial charge on any atom is -0.324 e. The predicted octanol–water partition coefficient (Wildman–Crippen LogP) is 5.66. The molecule has 1 nitrogen and oxygen atoms in total.